The lowest BCUT2D eigenvalue weighted by Gasteiger charge is -2.30. The van der Waals surface area contributed by atoms with Gasteiger partial charge in [-0.2, -0.15) is 5.26 Å². The van der Waals surface area contributed by atoms with Gasteiger partial charge in [0, 0.05) is 19.6 Å². The number of rotatable bonds is 3. The van der Waals surface area contributed by atoms with E-state index in [0.29, 0.717) is 5.56 Å². The van der Waals surface area contributed by atoms with Crippen molar-refractivity contribution in [1.29, 1.82) is 5.26 Å². The van der Waals surface area contributed by atoms with Gasteiger partial charge in [0.15, 0.2) is 0 Å². The standard InChI is InChI=1S/C14H19N3O/c1-11-4-3-5-12(8-15)14(11)16-9-13-10-17(2)6-7-18-13/h3-5,13,16H,6-7,9-10H2,1-2H3. The summed E-state index contributed by atoms with van der Waals surface area (Å²) >= 11 is 0. The first-order valence-electron chi connectivity index (χ1n) is 6.24. The van der Waals surface area contributed by atoms with Crippen LogP contribution in [0.3, 0.4) is 0 Å². The van der Waals surface area contributed by atoms with Crippen LogP contribution in [0.1, 0.15) is 11.1 Å². The first-order valence-corrected chi connectivity index (χ1v) is 6.24. The molecule has 1 saturated heterocycles. The first-order chi connectivity index (χ1) is 8.70. The summed E-state index contributed by atoms with van der Waals surface area (Å²) in [6.45, 7) is 5.45. The molecule has 1 aliphatic rings. The third-order valence-corrected chi connectivity index (χ3v) is 3.24. The fourth-order valence-electron chi connectivity index (χ4n) is 2.20. The molecule has 2 rings (SSSR count). The molecular weight excluding hydrogens is 226 g/mol. The molecule has 1 fully saturated rings. The number of nitrogens with zero attached hydrogens (tertiary/aromatic N) is 2. The van der Waals surface area contributed by atoms with Gasteiger partial charge in [-0.25, -0.2) is 0 Å². The summed E-state index contributed by atoms with van der Waals surface area (Å²) in [6, 6.07) is 7.97. The van der Waals surface area contributed by atoms with Crippen LogP contribution in [-0.4, -0.2) is 44.3 Å². The minimum atomic E-state index is 0.190. The number of aryl methyl sites for hydroxylation is 1. The Balaban J connectivity index is 2.00. The van der Waals surface area contributed by atoms with Gasteiger partial charge in [-0.1, -0.05) is 12.1 Å². The molecule has 0 aliphatic carbocycles. The van der Waals surface area contributed by atoms with Crippen LogP contribution in [0.25, 0.3) is 0 Å². The number of likely N-dealkylation sites (N-methyl/N-ethyl adjacent to an activating group) is 1. The van der Waals surface area contributed by atoms with Crippen molar-refractivity contribution in [2.24, 2.45) is 0 Å². The van der Waals surface area contributed by atoms with Crippen LogP contribution >= 0.6 is 0 Å². The number of anilines is 1. The highest BCUT2D eigenvalue weighted by Crippen LogP contribution is 2.19. The Morgan fingerprint density at radius 3 is 3.11 bits per heavy atom. The molecule has 0 saturated carbocycles. The molecule has 0 bridgehead atoms. The number of hydrogen-bond acceptors (Lipinski definition) is 4. The van der Waals surface area contributed by atoms with Gasteiger partial charge in [0.1, 0.15) is 6.07 Å². The van der Waals surface area contributed by atoms with Crippen molar-refractivity contribution in [3.05, 3.63) is 29.3 Å². The lowest BCUT2D eigenvalue weighted by atomic mass is 10.1. The van der Waals surface area contributed by atoms with Gasteiger partial charge in [-0.3, -0.25) is 0 Å². The third-order valence-electron chi connectivity index (χ3n) is 3.24. The van der Waals surface area contributed by atoms with E-state index in [9.17, 15) is 0 Å². The Kier molecular flexibility index (Phi) is 4.19. The van der Waals surface area contributed by atoms with Crippen LogP contribution in [0.5, 0.6) is 0 Å². The fourth-order valence-corrected chi connectivity index (χ4v) is 2.20. The van der Waals surface area contributed by atoms with Crippen LogP contribution in [0.15, 0.2) is 18.2 Å². The average molecular weight is 245 g/mol. The highest BCUT2D eigenvalue weighted by atomic mass is 16.5. The predicted molar refractivity (Wildman–Crippen MR) is 71.6 cm³/mol. The molecule has 0 aromatic heterocycles. The largest absolute Gasteiger partial charge is 0.381 e. The Morgan fingerprint density at radius 1 is 1.56 bits per heavy atom. The van der Waals surface area contributed by atoms with Gasteiger partial charge >= 0.3 is 0 Å². The molecule has 96 valence electrons. The minimum absolute atomic E-state index is 0.190. The Labute approximate surface area is 108 Å². The monoisotopic (exact) mass is 245 g/mol. The molecule has 1 heterocycles. The number of morpholine rings is 1. The quantitative estimate of drug-likeness (QED) is 0.879. The van der Waals surface area contributed by atoms with Crippen molar-refractivity contribution in [3.8, 4) is 6.07 Å². The van der Waals surface area contributed by atoms with Gasteiger partial charge in [-0.15, -0.1) is 0 Å². The van der Waals surface area contributed by atoms with E-state index < -0.39 is 0 Å². The Hall–Kier alpha value is -1.57. The second-order valence-electron chi connectivity index (χ2n) is 4.75. The normalized spacial score (nSPS) is 20.4. The molecule has 1 unspecified atom stereocenters. The zero-order valence-corrected chi connectivity index (χ0v) is 10.9. The van der Waals surface area contributed by atoms with Crippen LogP contribution in [-0.2, 0) is 4.74 Å². The van der Waals surface area contributed by atoms with E-state index in [-0.39, 0.29) is 6.10 Å². The SMILES string of the molecule is Cc1cccc(C#N)c1NCC1CN(C)CCO1. The maximum atomic E-state index is 9.09. The second kappa shape index (κ2) is 5.85. The summed E-state index contributed by atoms with van der Waals surface area (Å²) in [5.41, 5.74) is 2.72. The molecule has 1 N–H and O–H groups in total. The number of nitrogens with one attached hydrogen (secondary N) is 1. The molecule has 1 atom stereocenters. The second-order valence-corrected chi connectivity index (χ2v) is 4.75. The van der Waals surface area contributed by atoms with Crippen molar-refractivity contribution in [1.82, 2.24) is 4.90 Å². The van der Waals surface area contributed by atoms with E-state index in [4.69, 9.17) is 10.00 Å². The van der Waals surface area contributed by atoms with Gasteiger partial charge < -0.3 is 15.0 Å². The Morgan fingerprint density at radius 2 is 2.39 bits per heavy atom. The lowest BCUT2D eigenvalue weighted by molar-refractivity contribution is -0.0117. The maximum Gasteiger partial charge on any atom is 0.101 e. The molecule has 1 aliphatic heterocycles. The summed E-state index contributed by atoms with van der Waals surface area (Å²) in [5.74, 6) is 0. The molecule has 4 nitrogen and oxygen atoms in total. The van der Waals surface area contributed by atoms with Crippen molar-refractivity contribution in [3.63, 3.8) is 0 Å². The zero-order chi connectivity index (χ0) is 13.0. The fraction of sp³-hybridized carbons (Fsp3) is 0.500. The summed E-state index contributed by atoms with van der Waals surface area (Å²) in [6.07, 6.45) is 0.190. The highest BCUT2D eigenvalue weighted by molar-refractivity contribution is 5.62. The topological polar surface area (TPSA) is 48.3 Å². The molecule has 1 aromatic rings. The molecule has 0 spiro atoms. The van der Waals surface area contributed by atoms with E-state index in [1.54, 1.807) is 0 Å². The van der Waals surface area contributed by atoms with Crippen molar-refractivity contribution < 1.29 is 4.74 Å². The summed E-state index contributed by atoms with van der Waals surface area (Å²) < 4.78 is 5.70. The van der Waals surface area contributed by atoms with E-state index in [2.05, 4.69) is 23.3 Å². The van der Waals surface area contributed by atoms with Crippen molar-refractivity contribution in [2.75, 3.05) is 38.6 Å². The molecule has 18 heavy (non-hydrogen) atoms. The molecule has 4 heteroatoms. The summed E-state index contributed by atoms with van der Waals surface area (Å²) in [7, 11) is 2.10. The van der Waals surface area contributed by atoms with Gasteiger partial charge in [0.2, 0.25) is 0 Å². The van der Waals surface area contributed by atoms with Crippen molar-refractivity contribution in [2.45, 2.75) is 13.0 Å². The average Bonchev–Trinajstić information content (AvgIpc) is 2.37. The lowest BCUT2D eigenvalue weighted by Crippen LogP contribution is -2.43. The highest BCUT2D eigenvalue weighted by Gasteiger charge is 2.17. The number of hydrogen-bond donors (Lipinski definition) is 1. The zero-order valence-electron chi connectivity index (χ0n) is 10.9. The van der Waals surface area contributed by atoms with Gasteiger partial charge in [0.25, 0.3) is 0 Å². The van der Waals surface area contributed by atoms with E-state index in [1.807, 2.05) is 25.1 Å². The van der Waals surface area contributed by atoms with Crippen LogP contribution < -0.4 is 5.32 Å². The molecule has 1 aromatic carbocycles. The van der Waals surface area contributed by atoms with E-state index >= 15 is 0 Å². The summed E-state index contributed by atoms with van der Waals surface area (Å²) in [5, 5.41) is 12.4. The van der Waals surface area contributed by atoms with Crippen molar-refractivity contribution >= 4 is 5.69 Å². The van der Waals surface area contributed by atoms with Crippen LogP contribution in [0, 0.1) is 18.3 Å². The smallest absolute Gasteiger partial charge is 0.101 e. The maximum absolute atomic E-state index is 9.09. The van der Waals surface area contributed by atoms with Gasteiger partial charge in [-0.05, 0) is 25.6 Å². The molecular formula is C14H19N3O. The van der Waals surface area contributed by atoms with E-state index in [0.717, 1.165) is 37.5 Å². The number of benzene rings is 1. The molecule has 0 radical (unpaired) electrons. The number of nitriles is 1. The minimum Gasteiger partial charge on any atom is -0.381 e. The Bertz CT molecular complexity index is 453. The predicted octanol–water partition coefficient (Wildman–Crippen LogP) is 1.61. The first kappa shape index (κ1) is 12.9. The third kappa shape index (κ3) is 3.00. The van der Waals surface area contributed by atoms with E-state index in [1.165, 1.54) is 0 Å². The number of para-hydroxylation sites is 1. The van der Waals surface area contributed by atoms with Gasteiger partial charge in [0.05, 0.1) is 24.0 Å². The van der Waals surface area contributed by atoms with Crippen LogP contribution in [0.2, 0.25) is 0 Å². The number of ether oxygens (including phenoxy) is 1. The summed E-state index contributed by atoms with van der Waals surface area (Å²) in [4.78, 5) is 2.26. The van der Waals surface area contributed by atoms with Crippen LogP contribution in [0.4, 0.5) is 5.69 Å². The molecule has 0 amide bonds.